The number of carbonyl (C=O) groups is 2. The van der Waals surface area contributed by atoms with Crippen molar-refractivity contribution < 1.29 is 27.5 Å². The first-order valence-corrected chi connectivity index (χ1v) is 13.1. The molecular formula is C23H25N3O6S2. The van der Waals surface area contributed by atoms with E-state index in [0.717, 1.165) is 24.0 Å². The van der Waals surface area contributed by atoms with Gasteiger partial charge in [0.2, 0.25) is 10.0 Å². The summed E-state index contributed by atoms with van der Waals surface area (Å²) in [6.07, 6.45) is 2.64. The first-order valence-electron chi connectivity index (χ1n) is 10.8. The molecule has 9 nitrogen and oxygen atoms in total. The molecule has 1 aromatic heterocycles. The summed E-state index contributed by atoms with van der Waals surface area (Å²) in [6, 6.07) is 9.76. The number of benzene rings is 2. The number of aryl methyl sites for hydroxylation is 1. The number of rotatable bonds is 7. The number of anilines is 1. The van der Waals surface area contributed by atoms with Crippen molar-refractivity contribution in [1.29, 1.82) is 0 Å². The Morgan fingerprint density at radius 3 is 2.62 bits per heavy atom. The van der Waals surface area contributed by atoms with Crippen LogP contribution in [0.2, 0.25) is 0 Å². The third-order valence-electron chi connectivity index (χ3n) is 5.53. The Balaban J connectivity index is 1.41. The van der Waals surface area contributed by atoms with Crippen molar-refractivity contribution in [2.75, 3.05) is 32.1 Å². The number of fused-ring (bicyclic) bond motifs is 1. The van der Waals surface area contributed by atoms with E-state index in [9.17, 15) is 18.0 Å². The van der Waals surface area contributed by atoms with Gasteiger partial charge in [0.1, 0.15) is 5.75 Å². The zero-order valence-corrected chi connectivity index (χ0v) is 20.5. The minimum absolute atomic E-state index is 0.0704. The molecule has 0 aliphatic carbocycles. The first kappa shape index (κ1) is 24.1. The lowest BCUT2D eigenvalue weighted by Crippen LogP contribution is -2.36. The highest BCUT2D eigenvalue weighted by molar-refractivity contribution is 7.89. The van der Waals surface area contributed by atoms with Crippen LogP contribution in [-0.2, 0) is 19.6 Å². The lowest BCUT2D eigenvalue weighted by atomic mass is 10.1. The van der Waals surface area contributed by atoms with Gasteiger partial charge in [-0.2, -0.15) is 4.31 Å². The van der Waals surface area contributed by atoms with E-state index in [1.165, 1.54) is 27.8 Å². The molecule has 1 fully saturated rings. The van der Waals surface area contributed by atoms with E-state index in [1.54, 1.807) is 32.2 Å². The lowest BCUT2D eigenvalue weighted by Gasteiger charge is -2.26. The summed E-state index contributed by atoms with van der Waals surface area (Å²) < 4.78 is 38.7. The number of nitrogens with one attached hydrogen (secondary N) is 1. The van der Waals surface area contributed by atoms with E-state index >= 15 is 0 Å². The number of piperidine rings is 1. The quantitative estimate of drug-likeness (QED) is 0.490. The Bertz CT molecular complexity index is 1330. The molecule has 1 saturated heterocycles. The average Bonchev–Trinajstić information content (AvgIpc) is 3.24. The fourth-order valence-electron chi connectivity index (χ4n) is 3.70. The molecule has 2 heterocycles. The molecule has 1 aliphatic heterocycles. The molecule has 1 aliphatic rings. The Hall–Kier alpha value is -3.02. The van der Waals surface area contributed by atoms with Crippen LogP contribution in [0, 0.1) is 6.92 Å². The van der Waals surface area contributed by atoms with Crippen LogP contribution >= 0.6 is 11.3 Å². The number of sulfonamides is 1. The fourth-order valence-corrected chi connectivity index (χ4v) is 6.38. The van der Waals surface area contributed by atoms with Gasteiger partial charge in [0.25, 0.3) is 5.91 Å². The number of methoxy groups -OCH3 is 1. The molecule has 0 saturated carbocycles. The van der Waals surface area contributed by atoms with Crippen molar-refractivity contribution in [1.82, 2.24) is 9.29 Å². The van der Waals surface area contributed by atoms with Gasteiger partial charge in [-0.1, -0.05) is 23.8 Å². The smallest absolute Gasteiger partial charge is 0.338 e. The zero-order chi connectivity index (χ0) is 24.3. The van der Waals surface area contributed by atoms with Crippen LogP contribution < -0.4 is 10.1 Å². The second-order valence-corrected chi connectivity index (χ2v) is 10.9. The van der Waals surface area contributed by atoms with Gasteiger partial charge < -0.3 is 9.47 Å². The van der Waals surface area contributed by atoms with Crippen molar-refractivity contribution in [2.45, 2.75) is 31.1 Å². The highest BCUT2D eigenvalue weighted by atomic mass is 32.2. The van der Waals surface area contributed by atoms with E-state index < -0.39 is 28.5 Å². The Morgan fingerprint density at radius 2 is 1.88 bits per heavy atom. The SMILES string of the molecule is COc1ccc2nc(NC(=O)COC(=O)c3ccc(C)c(S(=O)(=O)N4CCCCC4)c3)sc2c1. The summed E-state index contributed by atoms with van der Waals surface area (Å²) >= 11 is 1.27. The summed E-state index contributed by atoms with van der Waals surface area (Å²) in [7, 11) is -2.14. The Kier molecular flexibility index (Phi) is 7.15. The molecule has 1 N–H and O–H groups in total. The average molecular weight is 504 g/mol. The van der Waals surface area contributed by atoms with Gasteiger partial charge in [-0.3, -0.25) is 10.1 Å². The molecule has 1 amide bonds. The van der Waals surface area contributed by atoms with Gasteiger partial charge in [-0.25, -0.2) is 18.2 Å². The molecular weight excluding hydrogens is 478 g/mol. The Labute approximate surface area is 201 Å². The molecule has 11 heteroatoms. The Morgan fingerprint density at radius 1 is 1.12 bits per heavy atom. The second kappa shape index (κ2) is 10.1. The van der Waals surface area contributed by atoms with Crippen LogP contribution in [0.1, 0.15) is 35.2 Å². The van der Waals surface area contributed by atoms with Crippen LogP contribution in [-0.4, -0.2) is 56.4 Å². The maximum absolute atomic E-state index is 13.1. The molecule has 34 heavy (non-hydrogen) atoms. The van der Waals surface area contributed by atoms with Crippen LogP contribution in [0.3, 0.4) is 0 Å². The highest BCUT2D eigenvalue weighted by Gasteiger charge is 2.28. The predicted octanol–water partition coefficient (Wildman–Crippen LogP) is 3.58. The van der Waals surface area contributed by atoms with Gasteiger partial charge in [0, 0.05) is 13.1 Å². The molecule has 4 rings (SSSR count). The minimum atomic E-state index is -3.71. The molecule has 3 aromatic rings. The van der Waals surface area contributed by atoms with Crippen LogP contribution in [0.15, 0.2) is 41.3 Å². The van der Waals surface area contributed by atoms with Crippen LogP contribution in [0.5, 0.6) is 5.75 Å². The maximum atomic E-state index is 13.1. The van der Waals surface area contributed by atoms with Crippen molar-refractivity contribution in [3.63, 3.8) is 0 Å². The monoisotopic (exact) mass is 503 g/mol. The lowest BCUT2D eigenvalue weighted by molar-refractivity contribution is -0.119. The van der Waals surface area contributed by atoms with Crippen LogP contribution in [0.25, 0.3) is 10.2 Å². The number of nitrogens with zero attached hydrogens (tertiary/aromatic N) is 2. The van der Waals surface area contributed by atoms with Crippen molar-refractivity contribution in [2.24, 2.45) is 0 Å². The number of aromatic nitrogens is 1. The molecule has 2 aromatic carbocycles. The van der Waals surface area contributed by atoms with E-state index in [2.05, 4.69) is 10.3 Å². The number of carbonyl (C=O) groups excluding carboxylic acids is 2. The number of amides is 1. The second-order valence-electron chi connectivity index (χ2n) is 7.92. The third kappa shape index (κ3) is 5.21. The van der Waals surface area contributed by atoms with Gasteiger partial charge in [-0.15, -0.1) is 0 Å². The summed E-state index contributed by atoms with van der Waals surface area (Å²) in [5, 5.41) is 2.98. The van der Waals surface area contributed by atoms with Crippen molar-refractivity contribution >= 4 is 48.6 Å². The summed E-state index contributed by atoms with van der Waals surface area (Å²) in [6.45, 7) is 2.09. The van der Waals surface area contributed by atoms with E-state index in [0.29, 0.717) is 35.1 Å². The normalized spacial score (nSPS) is 14.6. The van der Waals surface area contributed by atoms with Gasteiger partial charge in [-0.05, 0) is 55.7 Å². The van der Waals surface area contributed by atoms with E-state index in [1.807, 2.05) is 6.07 Å². The highest BCUT2D eigenvalue weighted by Crippen LogP contribution is 2.29. The molecule has 180 valence electrons. The standard InChI is InChI=1S/C23H25N3O6S2/c1-15-6-7-16(12-20(15)34(29,30)26-10-4-3-5-11-26)22(28)32-14-21(27)25-23-24-18-9-8-17(31-2)13-19(18)33-23/h6-9,12-13H,3-5,10-11,14H2,1-2H3,(H,24,25,27). The largest absolute Gasteiger partial charge is 0.497 e. The third-order valence-corrected chi connectivity index (χ3v) is 8.51. The van der Waals surface area contributed by atoms with E-state index in [4.69, 9.17) is 9.47 Å². The predicted molar refractivity (Wildman–Crippen MR) is 129 cm³/mol. The first-order chi connectivity index (χ1) is 16.3. The van der Waals surface area contributed by atoms with Gasteiger partial charge in [0.05, 0.1) is 27.8 Å². The van der Waals surface area contributed by atoms with E-state index in [-0.39, 0.29) is 10.5 Å². The zero-order valence-electron chi connectivity index (χ0n) is 18.9. The molecule has 0 spiro atoms. The molecule has 0 unspecified atom stereocenters. The molecule has 0 bridgehead atoms. The van der Waals surface area contributed by atoms with Crippen molar-refractivity contribution in [3.8, 4) is 5.75 Å². The molecule has 0 atom stereocenters. The number of ether oxygens (including phenoxy) is 2. The maximum Gasteiger partial charge on any atom is 0.338 e. The topological polar surface area (TPSA) is 115 Å². The number of hydrogen-bond acceptors (Lipinski definition) is 8. The summed E-state index contributed by atoms with van der Waals surface area (Å²) in [5.74, 6) is -0.644. The van der Waals surface area contributed by atoms with Crippen LogP contribution in [0.4, 0.5) is 5.13 Å². The van der Waals surface area contributed by atoms with Crippen molar-refractivity contribution in [3.05, 3.63) is 47.5 Å². The molecule has 0 radical (unpaired) electrons. The summed E-state index contributed by atoms with van der Waals surface area (Å²) in [4.78, 5) is 29.2. The number of thiazole rings is 1. The van der Waals surface area contributed by atoms with Gasteiger partial charge in [0.15, 0.2) is 11.7 Å². The summed E-state index contributed by atoms with van der Waals surface area (Å²) in [5.41, 5.74) is 1.33. The van der Waals surface area contributed by atoms with Gasteiger partial charge >= 0.3 is 5.97 Å². The number of hydrogen-bond donors (Lipinski definition) is 1. The minimum Gasteiger partial charge on any atom is -0.497 e. The fraction of sp³-hybridized carbons (Fsp3) is 0.348. The number of esters is 1.